The Hall–Kier alpha value is -3.08. The Morgan fingerprint density at radius 3 is 2.45 bits per heavy atom. The molecule has 0 saturated heterocycles. The van der Waals surface area contributed by atoms with Gasteiger partial charge in [-0.05, 0) is 77.0 Å². The largest absolute Gasteiger partial charge is 0.417 e. The van der Waals surface area contributed by atoms with E-state index in [2.05, 4.69) is 10.6 Å². The molecule has 1 saturated carbocycles. The number of aromatic nitrogens is 2. The van der Waals surface area contributed by atoms with Gasteiger partial charge in [0.2, 0.25) is 11.9 Å². The number of anilines is 1. The van der Waals surface area contributed by atoms with Crippen molar-refractivity contribution >= 4 is 29.4 Å². The molecule has 0 bridgehead atoms. The van der Waals surface area contributed by atoms with Crippen molar-refractivity contribution in [3.05, 3.63) is 56.0 Å². The maximum atomic E-state index is 13.9. The number of nitrogens with one attached hydrogen (secondary N) is 2. The molecule has 2 aliphatic rings. The van der Waals surface area contributed by atoms with E-state index in [9.17, 15) is 27.6 Å². The Bertz CT molecular complexity index is 1340. The molecule has 2 heterocycles. The monoisotopic (exact) mass is 581 g/mol. The van der Waals surface area contributed by atoms with E-state index in [0.29, 0.717) is 23.6 Å². The van der Waals surface area contributed by atoms with E-state index in [1.165, 1.54) is 11.0 Å². The summed E-state index contributed by atoms with van der Waals surface area (Å²) in [6, 6.07) is 2.60. The van der Waals surface area contributed by atoms with E-state index in [4.69, 9.17) is 16.6 Å². The molecule has 2 N–H and O–H groups in total. The summed E-state index contributed by atoms with van der Waals surface area (Å²) in [7, 11) is 1.63. The van der Waals surface area contributed by atoms with Gasteiger partial charge in [0.15, 0.2) is 0 Å². The molecule has 1 atom stereocenters. The number of amides is 2. The van der Waals surface area contributed by atoms with Crippen LogP contribution in [0.3, 0.4) is 0 Å². The minimum absolute atomic E-state index is 0.00103. The molecule has 0 unspecified atom stereocenters. The number of benzene rings is 1. The molecule has 0 radical (unpaired) electrons. The van der Waals surface area contributed by atoms with Crippen LogP contribution in [0.4, 0.5) is 19.1 Å². The molecule has 0 spiro atoms. The van der Waals surface area contributed by atoms with E-state index in [-0.39, 0.29) is 48.0 Å². The quantitative estimate of drug-likeness (QED) is 0.489. The van der Waals surface area contributed by atoms with E-state index >= 15 is 0 Å². The predicted octanol–water partition coefficient (Wildman–Crippen LogP) is 5.19. The van der Waals surface area contributed by atoms with Crippen LogP contribution in [0.2, 0.25) is 5.02 Å². The zero-order valence-electron chi connectivity index (χ0n) is 23.1. The molecule has 40 heavy (non-hydrogen) atoms. The summed E-state index contributed by atoms with van der Waals surface area (Å²) in [6.07, 6.45) is -0.859. The van der Waals surface area contributed by atoms with Gasteiger partial charge in [0.05, 0.1) is 22.8 Å². The summed E-state index contributed by atoms with van der Waals surface area (Å²) >= 11 is 5.74. The third kappa shape index (κ3) is 6.29. The number of hydrogen-bond donors (Lipinski definition) is 2. The van der Waals surface area contributed by atoms with Crippen LogP contribution in [0.5, 0.6) is 0 Å². The Morgan fingerprint density at radius 1 is 1.18 bits per heavy atom. The summed E-state index contributed by atoms with van der Waals surface area (Å²) in [5.74, 6) is 0.115. The minimum Gasteiger partial charge on any atom is -0.359 e. The van der Waals surface area contributed by atoms with E-state index in [1.54, 1.807) is 18.5 Å². The van der Waals surface area contributed by atoms with Crippen molar-refractivity contribution in [3.63, 3.8) is 0 Å². The third-order valence-corrected chi connectivity index (χ3v) is 8.11. The summed E-state index contributed by atoms with van der Waals surface area (Å²) < 4.78 is 41.9. The number of carbonyl (C=O) groups excluding carboxylic acids is 2. The Kier molecular flexibility index (Phi) is 8.82. The van der Waals surface area contributed by atoms with Gasteiger partial charge in [-0.2, -0.15) is 13.2 Å². The Labute approximate surface area is 236 Å². The fourth-order valence-corrected chi connectivity index (χ4v) is 5.88. The first-order chi connectivity index (χ1) is 18.8. The van der Waals surface area contributed by atoms with Crippen LogP contribution < -0.4 is 16.2 Å². The van der Waals surface area contributed by atoms with Crippen molar-refractivity contribution in [2.24, 2.45) is 5.92 Å². The highest BCUT2D eigenvalue weighted by atomic mass is 35.5. The number of hydrogen-bond acceptors (Lipinski definition) is 5. The van der Waals surface area contributed by atoms with Crippen LogP contribution in [-0.2, 0) is 23.9 Å². The van der Waals surface area contributed by atoms with Crippen molar-refractivity contribution in [1.29, 1.82) is 0 Å². The lowest BCUT2D eigenvalue weighted by Gasteiger charge is -2.36. The molecule has 12 heteroatoms. The normalized spacial score (nSPS) is 21.2. The lowest BCUT2D eigenvalue weighted by molar-refractivity contribution is -0.137. The fraction of sp³-hybridized carbons (Fsp3) is 0.571. The lowest BCUT2D eigenvalue weighted by atomic mass is 9.83. The van der Waals surface area contributed by atoms with E-state index in [1.807, 2.05) is 13.8 Å². The highest BCUT2D eigenvalue weighted by molar-refractivity contribution is 6.31. The Morgan fingerprint density at radius 2 is 1.85 bits per heavy atom. The zero-order chi connectivity index (χ0) is 29.4. The SMILES string of the molecule is CNC(=O)CC1CCC(n2c(NC(C)C)nc3c(c2=O)C[C@@H](C)N(C(=O)c2ccc(Cl)c(C(F)(F)F)c2)C3)CC1. The van der Waals surface area contributed by atoms with Gasteiger partial charge in [-0.1, -0.05) is 11.6 Å². The van der Waals surface area contributed by atoms with Gasteiger partial charge in [-0.15, -0.1) is 0 Å². The van der Waals surface area contributed by atoms with Crippen LogP contribution in [0, 0.1) is 5.92 Å². The fourth-order valence-electron chi connectivity index (χ4n) is 5.66. The first-order valence-electron chi connectivity index (χ1n) is 13.6. The van der Waals surface area contributed by atoms with Crippen molar-refractivity contribution in [2.75, 3.05) is 12.4 Å². The maximum absolute atomic E-state index is 13.9. The van der Waals surface area contributed by atoms with Gasteiger partial charge in [0, 0.05) is 42.7 Å². The molecule has 4 rings (SSSR count). The second kappa shape index (κ2) is 11.8. The molecular formula is C28H35ClF3N5O3. The molecule has 8 nitrogen and oxygen atoms in total. The minimum atomic E-state index is -4.70. The summed E-state index contributed by atoms with van der Waals surface area (Å²) in [5, 5.41) is 5.47. The number of halogens is 4. The van der Waals surface area contributed by atoms with Gasteiger partial charge in [-0.25, -0.2) is 4.98 Å². The topological polar surface area (TPSA) is 96.3 Å². The van der Waals surface area contributed by atoms with Gasteiger partial charge in [-0.3, -0.25) is 19.0 Å². The second-order valence-corrected chi connectivity index (χ2v) is 11.5. The zero-order valence-corrected chi connectivity index (χ0v) is 23.8. The van der Waals surface area contributed by atoms with Crippen molar-refractivity contribution < 1.29 is 22.8 Å². The number of carbonyl (C=O) groups is 2. The highest BCUT2D eigenvalue weighted by Gasteiger charge is 2.37. The third-order valence-electron chi connectivity index (χ3n) is 7.78. The number of alkyl halides is 3. The van der Waals surface area contributed by atoms with Crippen LogP contribution in [-0.4, -0.2) is 45.4 Å². The molecule has 2 aromatic rings. The maximum Gasteiger partial charge on any atom is 0.417 e. The smallest absolute Gasteiger partial charge is 0.359 e. The summed E-state index contributed by atoms with van der Waals surface area (Å²) in [6.45, 7) is 5.65. The molecule has 1 fully saturated rings. The van der Waals surface area contributed by atoms with Gasteiger partial charge < -0.3 is 15.5 Å². The van der Waals surface area contributed by atoms with Crippen LogP contribution in [0.15, 0.2) is 23.0 Å². The Balaban J connectivity index is 1.64. The van der Waals surface area contributed by atoms with Gasteiger partial charge in [0.25, 0.3) is 11.5 Å². The molecule has 1 aromatic carbocycles. The van der Waals surface area contributed by atoms with Gasteiger partial charge in [0.1, 0.15) is 0 Å². The lowest BCUT2D eigenvalue weighted by Crippen LogP contribution is -2.46. The van der Waals surface area contributed by atoms with E-state index < -0.39 is 28.7 Å². The average Bonchev–Trinajstić information content (AvgIpc) is 2.88. The summed E-state index contributed by atoms with van der Waals surface area (Å²) in [4.78, 5) is 45.3. The molecule has 2 amide bonds. The van der Waals surface area contributed by atoms with Crippen LogP contribution in [0.25, 0.3) is 0 Å². The first kappa shape index (κ1) is 29.9. The number of fused-ring (bicyclic) bond motifs is 1. The van der Waals surface area contributed by atoms with Crippen molar-refractivity contribution in [3.8, 4) is 0 Å². The second-order valence-electron chi connectivity index (χ2n) is 11.1. The molecular weight excluding hydrogens is 547 g/mol. The van der Waals surface area contributed by atoms with E-state index in [0.717, 1.165) is 37.8 Å². The number of nitrogens with zero attached hydrogens (tertiary/aromatic N) is 3. The van der Waals surface area contributed by atoms with Crippen molar-refractivity contribution in [2.45, 2.75) is 90.1 Å². The molecule has 218 valence electrons. The first-order valence-corrected chi connectivity index (χ1v) is 14.0. The molecule has 1 aliphatic heterocycles. The number of rotatable bonds is 6. The highest BCUT2D eigenvalue weighted by Crippen LogP contribution is 2.37. The summed E-state index contributed by atoms with van der Waals surface area (Å²) in [5.41, 5.74) is -0.402. The van der Waals surface area contributed by atoms with Gasteiger partial charge >= 0.3 is 6.18 Å². The van der Waals surface area contributed by atoms with Crippen LogP contribution >= 0.6 is 11.6 Å². The predicted molar refractivity (Wildman–Crippen MR) is 146 cm³/mol. The molecule has 1 aromatic heterocycles. The van der Waals surface area contributed by atoms with Crippen LogP contribution in [0.1, 0.15) is 86.1 Å². The standard InChI is InChI=1S/C28H35ClF3N5O3/c1-15(2)34-27-35-23-14-36(25(39)18-7-10-22(29)21(13-18)28(30,31)32)16(3)11-20(23)26(40)37(27)19-8-5-17(6-9-19)12-24(38)33-4/h7,10,13,15-17,19H,5-6,8-9,11-12,14H2,1-4H3,(H,33,38)(H,34,35)/t16-,17?,19?/m1/s1. The average molecular weight is 582 g/mol. The molecule has 1 aliphatic carbocycles. The van der Waals surface area contributed by atoms with Crippen molar-refractivity contribution in [1.82, 2.24) is 19.8 Å².